The Bertz CT molecular complexity index is 489. The van der Waals surface area contributed by atoms with E-state index in [0.29, 0.717) is 12.4 Å². The van der Waals surface area contributed by atoms with Gasteiger partial charge in [-0.25, -0.2) is 4.98 Å². The highest BCUT2D eigenvalue weighted by Crippen LogP contribution is 2.21. The molecule has 2 N–H and O–H groups in total. The molecule has 0 atom stereocenters. The highest BCUT2D eigenvalue weighted by molar-refractivity contribution is 5.51. The molecule has 16 heavy (non-hydrogen) atoms. The number of nitrogens with zero attached hydrogens (tertiary/aromatic N) is 4. The summed E-state index contributed by atoms with van der Waals surface area (Å²) in [4.78, 5) is 20.6. The number of nitrogens with one attached hydrogen (secondary N) is 2. The number of aromatic nitrogens is 4. The van der Waals surface area contributed by atoms with Gasteiger partial charge in [-0.2, -0.15) is 0 Å². The van der Waals surface area contributed by atoms with Gasteiger partial charge in [-0.3, -0.25) is 4.57 Å². The molecule has 2 aromatic rings. The fourth-order valence-electron chi connectivity index (χ4n) is 1.32. The van der Waals surface area contributed by atoms with Crippen molar-refractivity contribution in [1.29, 1.82) is 0 Å². The van der Waals surface area contributed by atoms with Crippen LogP contribution in [0.2, 0.25) is 0 Å². The normalized spacial score (nSPS) is 10.3. The average molecular weight is 222 g/mol. The number of anilines is 1. The van der Waals surface area contributed by atoms with Gasteiger partial charge in [0, 0.05) is 13.2 Å². The van der Waals surface area contributed by atoms with Crippen molar-refractivity contribution in [3.05, 3.63) is 34.7 Å². The zero-order valence-corrected chi connectivity index (χ0v) is 8.54. The van der Waals surface area contributed by atoms with Gasteiger partial charge in [-0.1, -0.05) is 0 Å². The summed E-state index contributed by atoms with van der Waals surface area (Å²) in [5.41, 5.74) is 0.843. The van der Waals surface area contributed by atoms with Crippen LogP contribution in [-0.2, 0) is 13.6 Å². The number of hydrogen-bond donors (Lipinski definition) is 2. The Labute approximate surface area is 90.5 Å². The Morgan fingerprint density at radius 1 is 1.69 bits per heavy atom. The van der Waals surface area contributed by atoms with Crippen LogP contribution >= 0.6 is 0 Å². The van der Waals surface area contributed by atoms with Gasteiger partial charge in [-0.15, -0.1) is 0 Å². The minimum atomic E-state index is -0.519. The molecule has 0 radical (unpaired) electrons. The van der Waals surface area contributed by atoms with Crippen molar-refractivity contribution in [1.82, 2.24) is 19.5 Å². The lowest BCUT2D eigenvalue weighted by molar-refractivity contribution is -0.388. The summed E-state index contributed by atoms with van der Waals surface area (Å²) in [7, 11) is 1.69. The SMILES string of the molecule is Cn1cnc([N+](=O)[O-])c1NCc1cnc[nH]1. The molecule has 2 rings (SSSR count). The molecular formula is C8H10N6O2. The quantitative estimate of drug-likeness (QED) is 0.584. The number of aromatic amines is 1. The highest BCUT2D eigenvalue weighted by atomic mass is 16.6. The minimum absolute atomic E-state index is 0.179. The van der Waals surface area contributed by atoms with E-state index in [-0.39, 0.29) is 5.82 Å². The van der Waals surface area contributed by atoms with Crippen LogP contribution in [0.1, 0.15) is 5.69 Å². The maximum atomic E-state index is 10.7. The molecule has 84 valence electrons. The van der Waals surface area contributed by atoms with E-state index in [4.69, 9.17) is 0 Å². The lowest BCUT2D eigenvalue weighted by atomic mass is 10.4. The first-order valence-corrected chi connectivity index (χ1v) is 4.55. The average Bonchev–Trinajstić information content (AvgIpc) is 2.84. The van der Waals surface area contributed by atoms with Crippen molar-refractivity contribution >= 4 is 11.6 Å². The standard InChI is InChI=1S/C8H10N6O2/c1-13-5-12-8(14(15)16)7(13)10-3-6-2-9-4-11-6/h2,4-5,10H,3H2,1H3,(H,9,11). The number of imidazole rings is 2. The van der Waals surface area contributed by atoms with Crippen molar-refractivity contribution in [2.75, 3.05) is 5.32 Å². The van der Waals surface area contributed by atoms with E-state index in [1.165, 1.54) is 6.33 Å². The fraction of sp³-hybridized carbons (Fsp3) is 0.250. The number of hydrogen-bond acceptors (Lipinski definition) is 5. The van der Waals surface area contributed by atoms with Crippen LogP contribution in [0.3, 0.4) is 0 Å². The monoisotopic (exact) mass is 222 g/mol. The summed E-state index contributed by atoms with van der Waals surface area (Å²) in [6.07, 6.45) is 4.59. The van der Waals surface area contributed by atoms with E-state index in [0.717, 1.165) is 5.69 Å². The van der Waals surface area contributed by atoms with Gasteiger partial charge in [0.25, 0.3) is 0 Å². The van der Waals surface area contributed by atoms with Crippen LogP contribution in [0.5, 0.6) is 0 Å². The third-order valence-electron chi connectivity index (χ3n) is 2.09. The van der Waals surface area contributed by atoms with Gasteiger partial charge in [0.2, 0.25) is 12.1 Å². The highest BCUT2D eigenvalue weighted by Gasteiger charge is 2.19. The van der Waals surface area contributed by atoms with Crippen LogP contribution in [0.25, 0.3) is 0 Å². The van der Waals surface area contributed by atoms with E-state index >= 15 is 0 Å². The number of H-pyrrole nitrogens is 1. The smallest absolute Gasteiger partial charge is 0.359 e. The minimum Gasteiger partial charge on any atom is -0.359 e. The van der Waals surface area contributed by atoms with Crippen molar-refractivity contribution in [2.24, 2.45) is 7.05 Å². The van der Waals surface area contributed by atoms with Gasteiger partial charge in [0.15, 0.2) is 0 Å². The van der Waals surface area contributed by atoms with E-state index in [9.17, 15) is 10.1 Å². The van der Waals surface area contributed by atoms with Gasteiger partial charge in [-0.05, 0) is 9.91 Å². The molecule has 0 aliphatic carbocycles. The lowest BCUT2D eigenvalue weighted by Crippen LogP contribution is -2.05. The molecule has 0 spiro atoms. The molecule has 0 aromatic carbocycles. The van der Waals surface area contributed by atoms with Crippen LogP contribution in [0.15, 0.2) is 18.9 Å². The summed E-state index contributed by atoms with van der Waals surface area (Å²) < 4.78 is 1.56. The summed E-state index contributed by atoms with van der Waals surface area (Å²) >= 11 is 0. The van der Waals surface area contributed by atoms with E-state index in [2.05, 4.69) is 20.3 Å². The second kappa shape index (κ2) is 4.01. The lowest BCUT2D eigenvalue weighted by Gasteiger charge is -2.04. The summed E-state index contributed by atoms with van der Waals surface area (Å²) in [6, 6.07) is 0. The van der Waals surface area contributed by atoms with Gasteiger partial charge >= 0.3 is 5.82 Å². The molecule has 0 amide bonds. The second-order valence-electron chi connectivity index (χ2n) is 3.22. The van der Waals surface area contributed by atoms with Crippen molar-refractivity contribution in [3.63, 3.8) is 0 Å². The van der Waals surface area contributed by atoms with Gasteiger partial charge in [0.05, 0.1) is 18.6 Å². The second-order valence-corrected chi connectivity index (χ2v) is 3.22. The molecule has 0 saturated carbocycles. The Hall–Kier alpha value is -2.38. The number of rotatable bonds is 4. The summed E-state index contributed by atoms with van der Waals surface area (Å²) in [6.45, 7) is 0.431. The zero-order valence-electron chi connectivity index (χ0n) is 8.54. The van der Waals surface area contributed by atoms with Crippen LogP contribution in [0.4, 0.5) is 11.6 Å². The van der Waals surface area contributed by atoms with Gasteiger partial charge < -0.3 is 20.4 Å². The molecule has 0 fully saturated rings. The molecule has 0 aliphatic rings. The Morgan fingerprint density at radius 2 is 2.50 bits per heavy atom. The van der Waals surface area contributed by atoms with Crippen LogP contribution in [-0.4, -0.2) is 24.4 Å². The van der Waals surface area contributed by atoms with Crippen LogP contribution < -0.4 is 5.32 Å². The first-order chi connectivity index (χ1) is 7.68. The largest absolute Gasteiger partial charge is 0.406 e. The number of nitro groups is 1. The van der Waals surface area contributed by atoms with Crippen LogP contribution in [0, 0.1) is 10.1 Å². The molecular weight excluding hydrogens is 212 g/mol. The zero-order chi connectivity index (χ0) is 11.5. The van der Waals surface area contributed by atoms with Gasteiger partial charge in [0.1, 0.15) is 0 Å². The molecule has 8 heteroatoms. The summed E-state index contributed by atoms with van der Waals surface area (Å²) in [5.74, 6) is 0.196. The van der Waals surface area contributed by atoms with E-state index in [1.807, 2.05) is 0 Å². The van der Waals surface area contributed by atoms with Crippen molar-refractivity contribution < 1.29 is 4.92 Å². The molecule has 0 saturated heterocycles. The number of aryl methyl sites for hydroxylation is 1. The van der Waals surface area contributed by atoms with E-state index in [1.54, 1.807) is 24.1 Å². The summed E-state index contributed by atoms with van der Waals surface area (Å²) in [5, 5.41) is 13.6. The molecule has 8 nitrogen and oxygen atoms in total. The Kier molecular flexibility index (Phi) is 2.54. The third-order valence-corrected chi connectivity index (χ3v) is 2.09. The maximum absolute atomic E-state index is 10.7. The fourth-order valence-corrected chi connectivity index (χ4v) is 1.32. The maximum Gasteiger partial charge on any atom is 0.406 e. The molecule has 2 aromatic heterocycles. The topological polar surface area (TPSA) is 102 Å². The van der Waals surface area contributed by atoms with Crippen molar-refractivity contribution in [2.45, 2.75) is 6.54 Å². The first kappa shape index (κ1) is 10.1. The molecule has 0 aliphatic heterocycles. The Balaban J connectivity index is 2.14. The molecule has 0 unspecified atom stereocenters. The predicted molar refractivity (Wildman–Crippen MR) is 55.8 cm³/mol. The van der Waals surface area contributed by atoms with Crippen molar-refractivity contribution in [3.8, 4) is 0 Å². The third kappa shape index (κ3) is 1.85. The molecule has 2 heterocycles. The predicted octanol–water partition coefficient (Wildman–Crippen LogP) is 0.663. The first-order valence-electron chi connectivity index (χ1n) is 4.55. The van der Waals surface area contributed by atoms with E-state index < -0.39 is 4.92 Å². The molecule has 0 bridgehead atoms. The Morgan fingerprint density at radius 3 is 3.12 bits per heavy atom.